The van der Waals surface area contributed by atoms with Gasteiger partial charge in [-0.05, 0) is 56.0 Å². The smallest absolute Gasteiger partial charge is 0.235 e. The minimum absolute atomic E-state index is 0.108. The second kappa shape index (κ2) is 6.89. The highest BCUT2D eigenvalue weighted by Gasteiger charge is 2.52. The van der Waals surface area contributed by atoms with E-state index >= 15 is 0 Å². The lowest BCUT2D eigenvalue weighted by Gasteiger charge is -2.36. The van der Waals surface area contributed by atoms with Crippen LogP contribution in [0.4, 0.5) is 15.8 Å². The van der Waals surface area contributed by atoms with Gasteiger partial charge in [-0.3, -0.25) is 9.69 Å². The summed E-state index contributed by atoms with van der Waals surface area (Å²) in [7, 11) is 0. The van der Waals surface area contributed by atoms with Gasteiger partial charge in [0.2, 0.25) is 5.91 Å². The summed E-state index contributed by atoms with van der Waals surface area (Å²) >= 11 is 0. The predicted molar refractivity (Wildman–Crippen MR) is 109 cm³/mol. The Labute approximate surface area is 165 Å². The molecule has 2 aromatic rings. The van der Waals surface area contributed by atoms with E-state index in [1.54, 1.807) is 18.2 Å². The number of hydrogen-bond donors (Lipinski definition) is 1. The topological polar surface area (TPSA) is 35.6 Å². The van der Waals surface area contributed by atoms with Crippen LogP contribution in [0.2, 0.25) is 0 Å². The Balaban J connectivity index is 1.23. The van der Waals surface area contributed by atoms with Crippen molar-refractivity contribution in [2.45, 2.75) is 37.1 Å². The summed E-state index contributed by atoms with van der Waals surface area (Å²) in [6.07, 6.45) is 4.12. The molecule has 5 rings (SSSR count). The van der Waals surface area contributed by atoms with E-state index in [1.165, 1.54) is 24.6 Å². The van der Waals surface area contributed by atoms with E-state index in [-0.39, 0.29) is 11.7 Å². The third-order valence-corrected chi connectivity index (χ3v) is 6.44. The van der Waals surface area contributed by atoms with Gasteiger partial charge < -0.3 is 10.2 Å². The van der Waals surface area contributed by atoms with Gasteiger partial charge in [0, 0.05) is 49.2 Å². The minimum atomic E-state index is -0.705. The molecule has 4 nitrogen and oxygen atoms in total. The molecule has 0 aromatic heterocycles. The molecule has 1 aliphatic heterocycles. The normalized spacial score (nSPS) is 21.4. The van der Waals surface area contributed by atoms with Crippen molar-refractivity contribution >= 4 is 17.3 Å². The second-order valence-corrected chi connectivity index (χ2v) is 8.32. The molecule has 1 saturated heterocycles. The van der Waals surface area contributed by atoms with Gasteiger partial charge in [-0.25, -0.2) is 4.39 Å². The van der Waals surface area contributed by atoms with Gasteiger partial charge in [-0.15, -0.1) is 0 Å². The van der Waals surface area contributed by atoms with E-state index in [4.69, 9.17) is 0 Å². The maximum atomic E-state index is 14.2. The van der Waals surface area contributed by atoms with Crippen LogP contribution in [0, 0.1) is 5.82 Å². The van der Waals surface area contributed by atoms with E-state index in [9.17, 15) is 9.18 Å². The molecular weight excluding hydrogens is 353 g/mol. The van der Waals surface area contributed by atoms with Crippen LogP contribution in [0.3, 0.4) is 0 Å². The van der Waals surface area contributed by atoms with Crippen LogP contribution < -0.4 is 10.2 Å². The number of nitrogens with zero attached hydrogens (tertiary/aromatic N) is 2. The molecule has 2 saturated carbocycles. The molecule has 146 valence electrons. The molecule has 0 spiro atoms. The molecule has 3 aliphatic rings. The zero-order chi connectivity index (χ0) is 19.1. The maximum absolute atomic E-state index is 14.2. The monoisotopic (exact) mass is 379 g/mol. The number of halogens is 1. The fourth-order valence-corrected chi connectivity index (χ4v) is 4.38. The summed E-state index contributed by atoms with van der Waals surface area (Å²) in [6, 6.07) is 15.5. The van der Waals surface area contributed by atoms with E-state index < -0.39 is 5.41 Å². The number of carbonyl (C=O) groups is 1. The van der Waals surface area contributed by atoms with Crippen molar-refractivity contribution < 1.29 is 9.18 Å². The molecule has 2 aromatic carbocycles. The Morgan fingerprint density at radius 2 is 1.64 bits per heavy atom. The van der Waals surface area contributed by atoms with Gasteiger partial charge in [0.05, 0.1) is 5.41 Å². The average molecular weight is 379 g/mol. The zero-order valence-corrected chi connectivity index (χ0v) is 16.0. The van der Waals surface area contributed by atoms with E-state index in [2.05, 4.69) is 27.2 Å². The second-order valence-electron chi connectivity index (χ2n) is 8.32. The highest BCUT2D eigenvalue weighted by atomic mass is 19.1. The number of amides is 1. The van der Waals surface area contributed by atoms with Crippen LogP contribution in [0.5, 0.6) is 0 Å². The van der Waals surface area contributed by atoms with Crippen molar-refractivity contribution in [2.24, 2.45) is 0 Å². The zero-order valence-electron chi connectivity index (χ0n) is 16.0. The molecule has 2 aliphatic carbocycles. The highest BCUT2D eigenvalue weighted by Crippen LogP contribution is 2.49. The number of nitrogens with one attached hydrogen (secondary N) is 1. The molecule has 28 heavy (non-hydrogen) atoms. The Hall–Kier alpha value is -2.40. The number of carbonyl (C=O) groups excluding carboxylic acids is 1. The standard InChI is InChI=1S/C23H26FN3O/c24-21-4-2-1-3-20(21)23(11-12-23)22(28)25-17-5-7-18(8-6-17)26-13-15-27(16-14-26)19-9-10-19/h1-8,19H,9-16H2,(H,25,28). The van der Waals surface area contributed by atoms with Gasteiger partial charge in [0.15, 0.2) is 0 Å². The van der Waals surface area contributed by atoms with Crippen molar-refractivity contribution in [3.05, 3.63) is 59.9 Å². The SMILES string of the molecule is O=C(Nc1ccc(N2CCN(C3CC3)CC2)cc1)C1(c2ccccc2F)CC1. The van der Waals surface area contributed by atoms with Gasteiger partial charge in [-0.2, -0.15) is 0 Å². The largest absolute Gasteiger partial charge is 0.369 e. The number of piperazine rings is 1. The first-order chi connectivity index (χ1) is 13.7. The van der Waals surface area contributed by atoms with E-state index in [0.717, 1.165) is 37.9 Å². The van der Waals surface area contributed by atoms with Crippen LogP contribution in [-0.4, -0.2) is 43.0 Å². The molecule has 0 radical (unpaired) electrons. The number of rotatable bonds is 5. The van der Waals surface area contributed by atoms with Crippen LogP contribution >= 0.6 is 0 Å². The summed E-state index contributed by atoms with van der Waals surface area (Å²) in [5.41, 5.74) is 1.78. The number of benzene rings is 2. The summed E-state index contributed by atoms with van der Waals surface area (Å²) in [5.74, 6) is -0.403. The van der Waals surface area contributed by atoms with Crippen molar-refractivity contribution in [3.63, 3.8) is 0 Å². The van der Waals surface area contributed by atoms with Crippen LogP contribution in [0.25, 0.3) is 0 Å². The van der Waals surface area contributed by atoms with Crippen molar-refractivity contribution in [1.29, 1.82) is 0 Å². The van der Waals surface area contributed by atoms with Crippen LogP contribution in [0.1, 0.15) is 31.2 Å². The maximum Gasteiger partial charge on any atom is 0.235 e. The van der Waals surface area contributed by atoms with Crippen molar-refractivity contribution in [3.8, 4) is 0 Å². The van der Waals surface area contributed by atoms with Gasteiger partial charge >= 0.3 is 0 Å². The number of anilines is 2. The molecule has 5 heteroatoms. The fraction of sp³-hybridized carbons (Fsp3) is 0.435. The first-order valence-corrected chi connectivity index (χ1v) is 10.3. The first-order valence-electron chi connectivity index (χ1n) is 10.3. The van der Waals surface area contributed by atoms with E-state index in [0.29, 0.717) is 18.4 Å². The van der Waals surface area contributed by atoms with Gasteiger partial charge in [0.25, 0.3) is 0 Å². The van der Waals surface area contributed by atoms with Gasteiger partial charge in [0.1, 0.15) is 5.82 Å². The molecule has 0 unspecified atom stereocenters. The Morgan fingerprint density at radius 1 is 0.964 bits per heavy atom. The molecule has 1 N–H and O–H groups in total. The minimum Gasteiger partial charge on any atom is -0.369 e. The van der Waals surface area contributed by atoms with Crippen LogP contribution in [-0.2, 0) is 10.2 Å². The molecular formula is C23H26FN3O. The summed E-state index contributed by atoms with van der Waals surface area (Å²) in [5, 5.41) is 3.00. The quantitative estimate of drug-likeness (QED) is 0.859. The van der Waals surface area contributed by atoms with Crippen molar-refractivity contribution in [2.75, 3.05) is 36.4 Å². The van der Waals surface area contributed by atoms with E-state index in [1.807, 2.05) is 12.1 Å². The first kappa shape index (κ1) is 17.7. The Bertz CT molecular complexity index is 866. The third-order valence-electron chi connectivity index (χ3n) is 6.44. The summed E-state index contributed by atoms with van der Waals surface area (Å²) in [4.78, 5) is 17.9. The molecule has 0 bridgehead atoms. The van der Waals surface area contributed by atoms with Crippen LogP contribution in [0.15, 0.2) is 48.5 Å². The highest BCUT2D eigenvalue weighted by molar-refractivity contribution is 6.01. The van der Waals surface area contributed by atoms with Crippen molar-refractivity contribution in [1.82, 2.24) is 4.90 Å². The Morgan fingerprint density at radius 3 is 2.25 bits per heavy atom. The molecule has 3 fully saturated rings. The molecule has 0 atom stereocenters. The molecule has 1 amide bonds. The lowest BCUT2D eigenvalue weighted by Crippen LogP contribution is -2.47. The summed E-state index contributed by atoms with van der Waals surface area (Å²) < 4.78 is 14.2. The fourth-order valence-electron chi connectivity index (χ4n) is 4.38. The predicted octanol–water partition coefficient (Wildman–Crippen LogP) is 3.78. The van der Waals surface area contributed by atoms with Gasteiger partial charge in [-0.1, -0.05) is 18.2 Å². The summed E-state index contributed by atoms with van der Waals surface area (Å²) in [6.45, 7) is 4.37. The lowest BCUT2D eigenvalue weighted by molar-refractivity contribution is -0.118. The third kappa shape index (κ3) is 3.28. The number of hydrogen-bond acceptors (Lipinski definition) is 3. The molecule has 1 heterocycles. The lowest BCUT2D eigenvalue weighted by atomic mass is 9.94. The Kier molecular flexibility index (Phi) is 4.35. The average Bonchev–Trinajstić information content (AvgIpc) is 3.63.